The molecule has 0 spiro atoms. The van der Waals surface area contributed by atoms with Gasteiger partial charge in [0.15, 0.2) is 10.2 Å². The van der Waals surface area contributed by atoms with Crippen LogP contribution in [0, 0.1) is 0 Å². The molecule has 4 unspecified atom stereocenters. The number of unbranched alkanes of at least 4 members (excludes halogenated alkanes) is 30. The van der Waals surface area contributed by atoms with Crippen LogP contribution in [0.1, 0.15) is 304 Å². The number of rotatable bonds is 56. The van der Waals surface area contributed by atoms with Crippen LogP contribution in [0.2, 0.25) is 0 Å². The number of thioether (sulfide) groups is 2. The van der Waals surface area contributed by atoms with Crippen molar-refractivity contribution in [1.82, 2.24) is 9.80 Å². The maximum atomic E-state index is 13.0. The maximum Gasteiger partial charge on any atom is 0.190 e. The molecule has 0 aromatic carbocycles. The van der Waals surface area contributed by atoms with E-state index < -0.39 is 24.4 Å². The van der Waals surface area contributed by atoms with Crippen molar-refractivity contribution in [1.29, 1.82) is 0 Å². The van der Waals surface area contributed by atoms with E-state index in [1.54, 1.807) is 0 Å². The van der Waals surface area contributed by atoms with Gasteiger partial charge >= 0.3 is 0 Å². The summed E-state index contributed by atoms with van der Waals surface area (Å²) in [6.45, 7) is 14.8. The largest absolute Gasteiger partial charge is 0.392 e. The van der Waals surface area contributed by atoms with Crippen molar-refractivity contribution < 1.29 is 30.0 Å². The predicted octanol–water partition coefficient (Wildman–Crippen LogP) is 16.4. The first-order chi connectivity index (χ1) is 34.0. The molecule has 0 aromatic rings. The second-order valence-electron chi connectivity index (χ2n) is 21.7. The van der Waals surface area contributed by atoms with Gasteiger partial charge in [0.1, 0.15) is 0 Å². The first-order valence-electron chi connectivity index (χ1n) is 30.6. The van der Waals surface area contributed by atoms with Crippen LogP contribution < -0.4 is 0 Å². The highest BCUT2D eigenvalue weighted by molar-refractivity contribution is 8.29. The average Bonchev–Trinajstić information content (AvgIpc) is 3.32. The summed E-state index contributed by atoms with van der Waals surface area (Å²) in [7, 11) is 0. The Morgan fingerprint density at radius 1 is 0.329 bits per heavy atom. The highest BCUT2D eigenvalue weighted by Gasteiger charge is 2.19. The van der Waals surface area contributed by atoms with Gasteiger partial charge in [-0.2, -0.15) is 0 Å². The molecule has 0 aromatic heterocycles. The van der Waals surface area contributed by atoms with Crippen LogP contribution >= 0.6 is 23.5 Å². The Morgan fingerprint density at radius 2 is 0.543 bits per heavy atom. The standard InChI is InChI=1S/C60H120N2O6S2/c1-6-10-14-18-22-26-30-34-42-55(63)50-61(51-56(64)43-35-31-27-23-19-15-11-7-2)48-40-38-46-59(67)69-54(5)70-60(68)47-39-41-49-62(52-57(65)44-36-32-28-24-20-16-12-8-3)53-58(66)45-37-33-29-25-21-17-13-9-4/h54-58,63-66H,6-53H2,1-5H3. The lowest BCUT2D eigenvalue weighted by Crippen LogP contribution is -2.38. The highest BCUT2D eigenvalue weighted by Crippen LogP contribution is 2.28. The molecule has 0 bridgehead atoms. The van der Waals surface area contributed by atoms with E-state index in [1.807, 2.05) is 6.92 Å². The van der Waals surface area contributed by atoms with Crippen LogP contribution in [-0.4, -0.2) is 109 Å². The van der Waals surface area contributed by atoms with Crippen molar-refractivity contribution in [2.45, 2.75) is 333 Å². The molecule has 8 nitrogen and oxygen atoms in total. The molecule has 0 saturated carbocycles. The summed E-state index contributed by atoms with van der Waals surface area (Å²) in [5.74, 6) is 0. The first kappa shape index (κ1) is 69.8. The minimum Gasteiger partial charge on any atom is -0.392 e. The van der Waals surface area contributed by atoms with E-state index in [0.717, 1.165) is 90.1 Å². The van der Waals surface area contributed by atoms with Gasteiger partial charge in [0.05, 0.1) is 29.0 Å². The predicted molar refractivity (Wildman–Crippen MR) is 308 cm³/mol. The van der Waals surface area contributed by atoms with Crippen molar-refractivity contribution in [3.8, 4) is 0 Å². The fourth-order valence-corrected chi connectivity index (χ4v) is 11.9. The fourth-order valence-electron chi connectivity index (χ4n) is 9.85. The molecule has 0 rings (SSSR count). The summed E-state index contributed by atoms with van der Waals surface area (Å²) < 4.78 is -0.135. The molecule has 0 aliphatic carbocycles. The summed E-state index contributed by atoms with van der Waals surface area (Å²) in [5, 5.41) is 44.3. The second kappa shape index (κ2) is 53.6. The van der Waals surface area contributed by atoms with E-state index in [-0.39, 0.29) is 14.8 Å². The molecule has 418 valence electrons. The Labute approximate surface area is 444 Å². The zero-order valence-electron chi connectivity index (χ0n) is 47.1. The second-order valence-corrected chi connectivity index (χ2v) is 24.7. The van der Waals surface area contributed by atoms with E-state index in [1.165, 1.54) is 203 Å². The summed E-state index contributed by atoms with van der Waals surface area (Å²) in [6.07, 6.45) is 45.7. The molecule has 4 N–H and O–H groups in total. The van der Waals surface area contributed by atoms with Crippen LogP contribution in [0.5, 0.6) is 0 Å². The summed E-state index contributed by atoms with van der Waals surface area (Å²) in [4.78, 5) is 30.5. The van der Waals surface area contributed by atoms with E-state index in [2.05, 4.69) is 37.5 Å². The molecular formula is C60H120N2O6S2. The lowest BCUT2D eigenvalue weighted by molar-refractivity contribution is -0.111. The number of aliphatic hydroxyl groups is 4. The molecule has 0 saturated heterocycles. The smallest absolute Gasteiger partial charge is 0.190 e. The van der Waals surface area contributed by atoms with Crippen molar-refractivity contribution in [3.63, 3.8) is 0 Å². The molecule has 10 heteroatoms. The molecule has 0 heterocycles. The summed E-state index contributed by atoms with van der Waals surface area (Å²) in [6, 6.07) is 0. The van der Waals surface area contributed by atoms with E-state index in [4.69, 9.17) is 0 Å². The minimum absolute atomic E-state index is 0.121. The third-order valence-electron chi connectivity index (χ3n) is 14.2. The van der Waals surface area contributed by atoms with Crippen LogP contribution in [0.3, 0.4) is 0 Å². The molecule has 0 aliphatic rings. The van der Waals surface area contributed by atoms with Crippen molar-refractivity contribution >= 4 is 33.8 Å². The number of aliphatic hydroxyl groups excluding tert-OH is 4. The quantitative estimate of drug-likeness (QED) is 0.0346. The van der Waals surface area contributed by atoms with Crippen molar-refractivity contribution in [2.75, 3.05) is 39.3 Å². The molecule has 4 atom stereocenters. The highest BCUT2D eigenvalue weighted by atomic mass is 32.2. The lowest BCUT2D eigenvalue weighted by atomic mass is 10.0. The average molecular weight is 1030 g/mol. The van der Waals surface area contributed by atoms with Crippen molar-refractivity contribution in [3.05, 3.63) is 0 Å². The van der Waals surface area contributed by atoms with E-state index in [9.17, 15) is 30.0 Å². The molecule has 0 radical (unpaired) electrons. The Bertz CT molecular complexity index is 967. The van der Waals surface area contributed by atoms with Gasteiger partial charge in [-0.3, -0.25) is 19.4 Å². The Kier molecular flexibility index (Phi) is 53.5. The van der Waals surface area contributed by atoms with Crippen LogP contribution in [0.25, 0.3) is 0 Å². The summed E-state index contributed by atoms with van der Waals surface area (Å²) in [5.41, 5.74) is 0. The third kappa shape index (κ3) is 50.0. The van der Waals surface area contributed by atoms with Crippen LogP contribution in [0.4, 0.5) is 0 Å². The number of hydrogen-bond acceptors (Lipinski definition) is 10. The Hall–Kier alpha value is -0.200. The molecule has 0 amide bonds. The lowest BCUT2D eigenvalue weighted by Gasteiger charge is -2.27. The van der Waals surface area contributed by atoms with Gasteiger partial charge < -0.3 is 20.4 Å². The topological polar surface area (TPSA) is 122 Å². The first-order valence-corrected chi connectivity index (χ1v) is 32.4. The normalized spacial score (nSPS) is 14.2. The summed E-state index contributed by atoms with van der Waals surface area (Å²) >= 11 is 2.55. The maximum absolute atomic E-state index is 13.0. The molecule has 70 heavy (non-hydrogen) atoms. The van der Waals surface area contributed by atoms with E-state index in [0.29, 0.717) is 39.0 Å². The fraction of sp³-hybridized carbons (Fsp3) is 0.967. The number of carbonyl (C=O) groups excluding carboxylic acids is 2. The van der Waals surface area contributed by atoms with Gasteiger partial charge in [-0.15, -0.1) is 0 Å². The van der Waals surface area contributed by atoms with Crippen LogP contribution in [0.15, 0.2) is 0 Å². The Morgan fingerprint density at radius 3 is 0.771 bits per heavy atom. The van der Waals surface area contributed by atoms with Crippen LogP contribution in [-0.2, 0) is 9.59 Å². The minimum atomic E-state index is -0.397. The molecular weight excluding hydrogens is 909 g/mol. The van der Waals surface area contributed by atoms with Gasteiger partial charge in [0.25, 0.3) is 0 Å². The Balaban J connectivity index is 4.83. The number of carbonyl (C=O) groups is 2. The van der Waals surface area contributed by atoms with Gasteiger partial charge in [-0.05, 0) is 71.4 Å². The SMILES string of the molecule is CCCCCCCCCCC(O)CN(CCCCC(=O)SC(C)SC(=O)CCCCN(CC(O)CCCCCCCCCC)CC(O)CCCCCCCCCC)CC(O)CCCCCCCCCC. The van der Waals surface area contributed by atoms with Gasteiger partial charge in [0.2, 0.25) is 0 Å². The number of hydrogen-bond donors (Lipinski definition) is 4. The van der Waals surface area contributed by atoms with Gasteiger partial charge in [0, 0.05) is 39.0 Å². The zero-order chi connectivity index (χ0) is 51.6. The zero-order valence-corrected chi connectivity index (χ0v) is 48.8. The number of nitrogens with zero attached hydrogens (tertiary/aromatic N) is 2. The molecule has 0 aliphatic heterocycles. The van der Waals surface area contributed by atoms with Crippen molar-refractivity contribution in [2.24, 2.45) is 0 Å². The van der Waals surface area contributed by atoms with Gasteiger partial charge in [-0.1, -0.05) is 257 Å². The van der Waals surface area contributed by atoms with E-state index >= 15 is 0 Å². The molecule has 0 fully saturated rings. The monoisotopic (exact) mass is 1030 g/mol. The van der Waals surface area contributed by atoms with Gasteiger partial charge in [-0.25, -0.2) is 0 Å². The third-order valence-corrected chi connectivity index (χ3v) is 16.4.